The van der Waals surface area contributed by atoms with E-state index in [1.54, 1.807) is 30.3 Å². The summed E-state index contributed by atoms with van der Waals surface area (Å²) in [7, 11) is -17.0. The predicted molar refractivity (Wildman–Crippen MR) is 132 cm³/mol. The molecule has 3 heterocycles. The van der Waals surface area contributed by atoms with Crippen LogP contribution in [-0.4, -0.2) is 79.7 Å². The second kappa shape index (κ2) is 11.9. The van der Waals surface area contributed by atoms with E-state index in [0.29, 0.717) is 5.69 Å². The van der Waals surface area contributed by atoms with E-state index in [2.05, 4.69) is 28.4 Å². The minimum absolute atomic E-state index is 0.0898. The summed E-state index contributed by atoms with van der Waals surface area (Å²) < 4.78 is 52.6. The zero-order valence-corrected chi connectivity index (χ0v) is 22.9. The van der Waals surface area contributed by atoms with Crippen molar-refractivity contribution >= 4 is 23.5 Å². The third-order valence-electron chi connectivity index (χ3n) is 5.45. The fourth-order valence-corrected chi connectivity index (χ4v) is 6.87. The molecule has 0 saturated carbocycles. The number of nitrogens with zero attached hydrogens (tertiary/aromatic N) is 3. The van der Waals surface area contributed by atoms with E-state index >= 15 is 0 Å². The molecule has 4 rings (SSSR count). The standard InChI is InChI=1S/C18H22N5O15P3/c24-14-12(8-35-40(31,32)38-41(33,34)37-39(28,29)30)36-16(15(14)25)13-11(19-18(27)20-17(13)26)7-23-6-10(21-22-23)9-4-2-1-3-5-9/h1-6,12,14-16,24-25H,7-8H2,(H,31,32)(H,33,34)(H2,28,29,30)(H2,19,20,26,27)/t12-,14?,15+,16+/m1/s1. The first-order valence-electron chi connectivity index (χ1n) is 11.1. The third kappa shape index (κ3) is 8.00. The van der Waals surface area contributed by atoms with Crippen LogP contribution >= 0.6 is 23.5 Å². The molecule has 0 amide bonds. The average molecular weight is 641 g/mol. The highest BCUT2D eigenvalue weighted by Gasteiger charge is 2.47. The van der Waals surface area contributed by atoms with E-state index in [0.717, 1.165) is 5.56 Å². The summed E-state index contributed by atoms with van der Waals surface area (Å²) in [6, 6.07) is 8.93. The molecule has 1 saturated heterocycles. The van der Waals surface area contributed by atoms with Crippen molar-refractivity contribution < 1.29 is 61.4 Å². The molecule has 8 N–H and O–H groups in total. The monoisotopic (exact) mass is 641 g/mol. The number of nitrogens with one attached hydrogen (secondary N) is 2. The largest absolute Gasteiger partial charge is 0.490 e. The van der Waals surface area contributed by atoms with Crippen LogP contribution in [0.25, 0.3) is 11.3 Å². The number of rotatable bonds is 11. The van der Waals surface area contributed by atoms with Gasteiger partial charge in [-0.25, -0.2) is 23.2 Å². The molecule has 1 fully saturated rings. The topological polar surface area (TPSA) is 306 Å². The van der Waals surface area contributed by atoms with Gasteiger partial charge in [-0.1, -0.05) is 35.5 Å². The zero-order chi connectivity index (χ0) is 30.2. The fraction of sp³-hybridized carbons (Fsp3) is 0.333. The summed E-state index contributed by atoms with van der Waals surface area (Å²) in [5.41, 5.74) is -1.14. The van der Waals surface area contributed by atoms with Crippen molar-refractivity contribution in [3.05, 3.63) is 68.6 Å². The van der Waals surface area contributed by atoms with E-state index in [4.69, 9.17) is 14.5 Å². The Balaban J connectivity index is 1.52. The number of ether oxygens (including phenoxy) is 1. The fourth-order valence-electron chi connectivity index (χ4n) is 3.84. The van der Waals surface area contributed by atoms with Crippen LogP contribution in [0.3, 0.4) is 0 Å². The van der Waals surface area contributed by atoms with Crippen LogP contribution in [0.5, 0.6) is 0 Å². The van der Waals surface area contributed by atoms with Gasteiger partial charge >= 0.3 is 29.2 Å². The molecule has 20 nitrogen and oxygen atoms in total. The van der Waals surface area contributed by atoms with Gasteiger partial charge < -0.3 is 39.5 Å². The summed E-state index contributed by atoms with van der Waals surface area (Å²) in [4.78, 5) is 65.2. The first kappa shape index (κ1) is 31.3. The number of aliphatic hydroxyl groups excluding tert-OH is 2. The number of hydrogen-bond donors (Lipinski definition) is 8. The van der Waals surface area contributed by atoms with Crippen LogP contribution in [0.15, 0.2) is 46.1 Å². The average Bonchev–Trinajstić information content (AvgIpc) is 3.41. The van der Waals surface area contributed by atoms with Crippen LogP contribution in [0.2, 0.25) is 0 Å². The van der Waals surface area contributed by atoms with Crippen molar-refractivity contribution in [2.45, 2.75) is 31.0 Å². The Kier molecular flexibility index (Phi) is 9.08. The highest BCUT2D eigenvalue weighted by molar-refractivity contribution is 7.66. The number of H-pyrrole nitrogens is 2. The van der Waals surface area contributed by atoms with Gasteiger partial charge in [-0.2, -0.15) is 8.62 Å². The van der Waals surface area contributed by atoms with Gasteiger partial charge in [0.25, 0.3) is 5.56 Å². The number of phosphoric ester groups is 1. The molecule has 1 aliphatic rings. The van der Waals surface area contributed by atoms with Crippen LogP contribution < -0.4 is 11.2 Å². The smallest absolute Gasteiger partial charge is 0.387 e. The summed E-state index contributed by atoms with van der Waals surface area (Å²) >= 11 is 0. The molecule has 2 aromatic heterocycles. The maximum atomic E-state index is 12.7. The molecule has 1 aromatic carbocycles. The minimum atomic E-state index is -5.80. The summed E-state index contributed by atoms with van der Waals surface area (Å²) in [5.74, 6) is 0. The Bertz CT molecular complexity index is 1650. The lowest BCUT2D eigenvalue weighted by Crippen LogP contribution is -2.35. The van der Waals surface area contributed by atoms with Crippen LogP contribution in [-0.2, 0) is 38.1 Å². The van der Waals surface area contributed by atoms with Crippen LogP contribution in [0.4, 0.5) is 0 Å². The van der Waals surface area contributed by atoms with Gasteiger partial charge in [0.1, 0.15) is 30.1 Å². The van der Waals surface area contributed by atoms with E-state index in [1.165, 1.54) is 10.9 Å². The van der Waals surface area contributed by atoms with Gasteiger partial charge in [-0.15, -0.1) is 5.10 Å². The van der Waals surface area contributed by atoms with Gasteiger partial charge in [0.2, 0.25) is 0 Å². The SMILES string of the molecule is O=c1[nH]c(Cn2cc(-c3ccccc3)nn2)c([C@@H]2O[C@H](COP(=O)(O)OP(=O)(O)OP(=O)(O)O)C(O)[C@@H]2O)c(=O)[nH]1. The van der Waals surface area contributed by atoms with Gasteiger partial charge in [-0.05, 0) is 0 Å². The molecule has 0 bridgehead atoms. The maximum absolute atomic E-state index is 12.7. The van der Waals surface area contributed by atoms with Crippen molar-refractivity contribution in [1.29, 1.82) is 0 Å². The van der Waals surface area contributed by atoms with E-state index < -0.39 is 65.7 Å². The van der Waals surface area contributed by atoms with Crippen molar-refractivity contribution in [3.8, 4) is 11.3 Å². The minimum Gasteiger partial charge on any atom is -0.387 e. The summed E-state index contributed by atoms with van der Waals surface area (Å²) in [5, 5.41) is 29.0. The Hall–Kier alpha value is -2.67. The molecule has 1 aliphatic heterocycles. The number of aliphatic hydroxyl groups is 2. The van der Waals surface area contributed by atoms with Crippen molar-refractivity contribution in [3.63, 3.8) is 0 Å². The molecule has 0 aliphatic carbocycles. The van der Waals surface area contributed by atoms with Crippen molar-refractivity contribution in [1.82, 2.24) is 25.0 Å². The number of benzene rings is 1. The highest BCUT2D eigenvalue weighted by atomic mass is 31.3. The van der Waals surface area contributed by atoms with E-state index in [-0.39, 0.29) is 17.8 Å². The van der Waals surface area contributed by atoms with Crippen molar-refractivity contribution in [2.75, 3.05) is 6.61 Å². The van der Waals surface area contributed by atoms with Gasteiger partial charge in [-0.3, -0.25) is 14.3 Å². The predicted octanol–water partition coefficient (Wildman–Crippen LogP) is -1.13. The Morgan fingerprint density at radius 2 is 1.63 bits per heavy atom. The lowest BCUT2D eigenvalue weighted by atomic mass is 10.0. The van der Waals surface area contributed by atoms with Crippen LogP contribution in [0.1, 0.15) is 17.4 Å². The lowest BCUT2D eigenvalue weighted by molar-refractivity contribution is -0.0230. The van der Waals surface area contributed by atoms with E-state index in [9.17, 15) is 43.3 Å². The molecule has 23 heteroatoms. The molecule has 3 unspecified atom stereocenters. The van der Waals surface area contributed by atoms with Gasteiger partial charge in [0, 0.05) is 5.56 Å². The van der Waals surface area contributed by atoms with E-state index in [1.807, 2.05) is 4.98 Å². The molecule has 3 aromatic rings. The van der Waals surface area contributed by atoms with Crippen molar-refractivity contribution in [2.24, 2.45) is 0 Å². The van der Waals surface area contributed by atoms with Gasteiger partial charge in [0.15, 0.2) is 0 Å². The quantitative estimate of drug-likeness (QED) is 0.115. The number of hydrogen-bond acceptors (Lipinski definition) is 13. The summed E-state index contributed by atoms with van der Waals surface area (Å²) in [6.07, 6.45) is -5.50. The Morgan fingerprint density at radius 3 is 2.29 bits per heavy atom. The maximum Gasteiger partial charge on any atom is 0.490 e. The molecule has 41 heavy (non-hydrogen) atoms. The van der Waals surface area contributed by atoms with Crippen LogP contribution in [0, 0.1) is 0 Å². The first-order chi connectivity index (χ1) is 19.0. The normalized spacial score (nSPS) is 24.1. The Labute approximate surface area is 227 Å². The second-order valence-corrected chi connectivity index (χ2v) is 12.9. The molecular weight excluding hydrogens is 619 g/mol. The Morgan fingerprint density at radius 1 is 0.951 bits per heavy atom. The molecular formula is C18H22N5O15P3. The first-order valence-corrected chi connectivity index (χ1v) is 15.7. The molecule has 0 radical (unpaired) electrons. The summed E-state index contributed by atoms with van der Waals surface area (Å²) in [6.45, 7) is -1.35. The third-order valence-corrected chi connectivity index (χ3v) is 9.26. The zero-order valence-electron chi connectivity index (χ0n) is 20.2. The van der Waals surface area contributed by atoms with Gasteiger partial charge in [0.05, 0.1) is 30.6 Å². The molecule has 224 valence electrons. The second-order valence-electron chi connectivity index (χ2n) is 8.43. The molecule has 6 atom stereocenters. The molecule has 0 spiro atoms. The number of aromatic amines is 2. The number of phosphoric acid groups is 3. The highest BCUT2D eigenvalue weighted by Crippen LogP contribution is 2.66. The number of aromatic nitrogens is 5. The lowest BCUT2D eigenvalue weighted by Gasteiger charge is -2.19.